The fourth-order valence-electron chi connectivity index (χ4n) is 2.54. The summed E-state index contributed by atoms with van der Waals surface area (Å²) in [5.41, 5.74) is 0.955. The van der Waals surface area contributed by atoms with E-state index in [4.69, 9.17) is 11.6 Å². The molecule has 166 valence electrons. The highest BCUT2D eigenvalue weighted by atomic mass is 35.5. The van der Waals surface area contributed by atoms with Gasteiger partial charge in [0, 0.05) is 26.4 Å². The van der Waals surface area contributed by atoms with Crippen molar-refractivity contribution in [2.24, 2.45) is 0 Å². The van der Waals surface area contributed by atoms with Crippen LogP contribution in [0.2, 0.25) is 5.02 Å². The summed E-state index contributed by atoms with van der Waals surface area (Å²) in [7, 11) is 3.18. The Morgan fingerprint density at radius 1 is 1.03 bits per heavy atom. The minimum absolute atomic E-state index is 0.0516. The molecule has 32 heavy (non-hydrogen) atoms. The Morgan fingerprint density at radius 2 is 1.75 bits per heavy atom. The molecule has 0 aliphatic carbocycles. The third kappa shape index (κ3) is 5.42. The van der Waals surface area contributed by atoms with Crippen LogP contribution in [0.25, 0.3) is 0 Å². The summed E-state index contributed by atoms with van der Waals surface area (Å²) in [6.45, 7) is 3.54. The minimum atomic E-state index is -0.493. The molecule has 2 N–H and O–H groups in total. The lowest BCUT2D eigenvalue weighted by molar-refractivity contribution is 0.0821. The number of carbonyl (C=O) groups excluding carboxylic acids is 3. The summed E-state index contributed by atoms with van der Waals surface area (Å²) in [6, 6.07) is 2.50. The summed E-state index contributed by atoms with van der Waals surface area (Å²) in [6.07, 6.45) is 4.06. The van der Waals surface area contributed by atoms with Gasteiger partial charge in [0.2, 0.25) is 0 Å². The quantitative estimate of drug-likeness (QED) is 0.562. The number of aryl methyl sites for hydroxylation is 1. The van der Waals surface area contributed by atoms with Gasteiger partial charge < -0.3 is 15.5 Å². The Hall–Kier alpha value is -3.44. The van der Waals surface area contributed by atoms with E-state index < -0.39 is 11.9 Å². The van der Waals surface area contributed by atoms with Crippen LogP contribution in [-0.4, -0.2) is 56.7 Å². The van der Waals surface area contributed by atoms with Crippen molar-refractivity contribution in [3.8, 4) is 0 Å². The summed E-state index contributed by atoms with van der Waals surface area (Å²) in [4.78, 5) is 55.0. The topological polar surface area (TPSA) is 130 Å². The van der Waals surface area contributed by atoms with Crippen LogP contribution in [0.3, 0.4) is 0 Å². The molecule has 1 atom stereocenters. The van der Waals surface area contributed by atoms with Crippen LogP contribution in [0.1, 0.15) is 54.2 Å². The SMILES string of the molecule is Cc1cc(NC(=O)c2cnc(C(C)NC(=O)c3cc(C(=O)N(C)C)ncn3)s2)ncc1Cl. The number of carbonyl (C=O) groups is 3. The third-order valence-electron chi connectivity index (χ3n) is 4.28. The van der Waals surface area contributed by atoms with Crippen LogP contribution in [-0.2, 0) is 0 Å². The maximum Gasteiger partial charge on any atom is 0.272 e. The Kier molecular flexibility index (Phi) is 7.11. The van der Waals surface area contributed by atoms with Crippen molar-refractivity contribution in [1.82, 2.24) is 30.2 Å². The highest BCUT2D eigenvalue weighted by Crippen LogP contribution is 2.22. The second kappa shape index (κ2) is 9.79. The molecule has 0 radical (unpaired) electrons. The predicted octanol–water partition coefficient (Wildman–Crippen LogP) is 2.74. The normalized spacial score (nSPS) is 11.5. The minimum Gasteiger partial charge on any atom is -0.343 e. The van der Waals surface area contributed by atoms with Gasteiger partial charge in [0.25, 0.3) is 17.7 Å². The van der Waals surface area contributed by atoms with Gasteiger partial charge in [-0.05, 0) is 25.5 Å². The van der Waals surface area contributed by atoms with Gasteiger partial charge in [-0.2, -0.15) is 0 Å². The predicted molar refractivity (Wildman–Crippen MR) is 120 cm³/mol. The first kappa shape index (κ1) is 23.2. The molecule has 12 heteroatoms. The van der Waals surface area contributed by atoms with Gasteiger partial charge in [0.15, 0.2) is 0 Å². The number of nitrogens with zero attached hydrogens (tertiary/aromatic N) is 5. The smallest absolute Gasteiger partial charge is 0.272 e. The second-order valence-corrected chi connectivity index (χ2v) is 8.49. The van der Waals surface area contributed by atoms with E-state index in [0.29, 0.717) is 20.7 Å². The van der Waals surface area contributed by atoms with E-state index in [-0.39, 0.29) is 23.2 Å². The molecule has 0 bridgehead atoms. The Labute approximate surface area is 193 Å². The number of hydrogen-bond acceptors (Lipinski definition) is 8. The molecule has 3 aromatic heterocycles. The lowest BCUT2D eigenvalue weighted by atomic mass is 10.2. The van der Waals surface area contributed by atoms with Crippen LogP contribution < -0.4 is 10.6 Å². The number of nitrogens with one attached hydrogen (secondary N) is 2. The Bertz CT molecular complexity index is 1180. The van der Waals surface area contributed by atoms with Gasteiger partial charge in [-0.25, -0.2) is 19.9 Å². The number of thiazole rings is 1. The van der Waals surface area contributed by atoms with E-state index in [2.05, 4.69) is 30.6 Å². The molecule has 3 rings (SSSR count). The molecule has 0 saturated heterocycles. The highest BCUT2D eigenvalue weighted by molar-refractivity contribution is 7.13. The number of anilines is 1. The largest absolute Gasteiger partial charge is 0.343 e. The fraction of sp³-hybridized carbons (Fsp3) is 0.250. The molecular weight excluding hydrogens is 454 g/mol. The first-order chi connectivity index (χ1) is 15.2. The summed E-state index contributed by atoms with van der Waals surface area (Å²) in [5.74, 6) is -0.825. The standard InChI is InChI=1S/C20H20ClN7O3S/c1-10-5-16(22-7-12(10)21)27-18(30)15-8-23-19(32-15)11(2)26-17(29)13-6-14(25-9-24-13)20(31)28(3)4/h5-9,11H,1-4H3,(H,26,29)(H,22,27,30). The highest BCUT2D eigenvalue weighted by Gasteiger charge is 2.20. The number of pyridine rings is 1. The van der Waals surface area contributed by atoms with Crippen LogP contribution in [0.15, 0.2) is 30.9 Å². The van der Waals surface area contributed by atoms with Crippen molar-refractivity contribution in [3.63, 3.8) is 0 Å². The van der Waals surface area contributed by atoms with Gasteiger partial charge in [0.1, 0.15) is 33.4 Å². The van der Waals surface area contributed by atoms with Crippen LogP contribution in [0.4, 0.5) is 5.82 Å². The van der Waals surface area contributed by atoms with E-state index in [1.165, 1.54) is 23.4 Å². The molecule has 10 nitrogen and oxygen atoms in total. The molecule has 0 aliphatic heterocycles. The van der Waals surface area contributed by atoms with E-state index in [9.17, 15) is 14.4 Å². The molecule has 3 aromatic rings. The van der Waals surface area contributed by atoms with Crippen LogP contribution in [0.5, 0.6) is 0 Å². The molecular formula is C20H20ClN7O3S. The monoisotopic (exact) mass is 473 g/mol. The maximum atomic E-state index is 12.6. The number of amides is 3. The molecule has 0 saturated carbocycles. The first-order valence-corrected chi connectivity index (χ1v) is 10.6. The molecule has 0 aromatic carbocycles. The Morgan fingerprint density at radius 3 is 2.44 bits per heavy atom. The number of halogens is 1. The van der Waals surface area contributed by atoms with E-state index in [0.717, 1.165) is 23.2 Å². The van der Waals surface area contributed by atoms with Crippen molar-refractivity contribution >= 4 is 46.5 Å². The fourth-order valence-corrected chi connectivity index (χ4v) is 3.46. The van der Waals surface area contributed by atoms with Crippen molar-refractivity contribution in [3.05, 3.63) is 62.7 Å². The van der Waals surface area contributed by atoms with Crippen molar-refractivity contribution in [2.75, 3.05) is 19.4 Å². The zero-order chi connectivity index (χ0) is 23.4. The summed E-state index contributed by atoms with van der Waals surface area (Å²) >= 11 is 7.09. The third-order valence-corrected chi connectivity index (χ3v) is 5.85. The van der Waals surface area contributed by atoms with Gasteiger partial charge in [-0.1, -0.05) is 11.6 Å². The van der Waals surface area contributed by atoms with Gasteiger partial charge in [-0.15, -0.1) is 11.3 Å². The zero-order valence-electron chi connectivity index (χ0n) is 17.7. The maximum absolute atomic E-state index is 12.6. The number of rotatable bonds is 6. The van der Waals surface area contributed by atoms with Crippen molar-refractivity contribution < 1.29 is 14.4 Å². The lowest BCUT2D eigenvalue weighted by Crippen LogP contribution is -2.28. The molecule has 1 unspecified atom stereocenters. The zero-order valence-corrected chi connectivity index (χ0v) is 19.3. The lowest BCUT2D eigenvalue weighted by Gasteiger charge is -2.12. The summed E-state index contributed by atoms with van der Waals surface area (Å²) in [5, 5.41) is 6.49. The van der Waals surface area contributed by atoms with Gasteiger partial charge in [0.05, 0.1) is 17.3 Å². The van der Waals surface area contributed by atoms with Crippen molar-refractivity contribution in [2.45, 2.75) is 19.9 Å². The molecule has 0 aliphatic rings. The summed E-state index contributed by atoms with van der Waals surface area (Å²) < 4.78 is 0. The average molecular weight is 474 g/mol. The number of aromatic nitrogens is 4. The van der Waals surface area contributed by atoms with E-state index >= 15 is 0 Å². The molecule has 0 spiro atoms. The van der Waals surface area contributed by atoms with E-state index in [1.54, 1.807) is 27.1 Å². The molecule has 0 fully saturated rings. The Balaban J connectivity index is 1.66. The van der Waals surface area contributed by atoms with Gasteiger partial charge >= 0.3 is 0 Å². The average Bonchev–Trinajstić information content (AvgIpc) is 3.26. The first-order valence-electron chi connectivity index (χ1n) is 9.39. The van der Waals surface area contributed by atoms with Crippen LogP contribution >= 0.6 is 22.9 Å². The van der Waals surface area contributed by atoms with E-state index in [1.807, 2.05) is 6.92 Å². The number of hydrogen-bond donors (Lipinski definition) is 2. The second-order valence-electron chi connectivity index (χ2n) is 7.02. The van der Waals surface area contributed by atoms with Crippen molar-refractivity contribution in [1.29, 1.82) is 0 Å². The van der Waals surface area contributed by atoms with Gasteiger partial charge in [-0.3, -0.25) is 14.4 Å². The molecule has 3 heterocycles. The van der Waals surface area contributed by atoms with Crippen LogP contribution in [0, 0.1) is 6.92 Å². The molecule has 3 amide bonds.